The van der Waals surface area contributed by atoms with E-state index in [1.54, 1.807) is 60.9 Å². The van der Waals surface area contributed by atoms with Gasteiger partial charge in [-0.25, -0.2) is 0 Å². The maximum absolute atomic E-state index is 12.1. The summed E-state index contributed by atoms with van der Waals surface area (Å²) in [7, 11) is 0. The number of Topliss-reactive ketones (excluding diaryl/α,β-unsaturated/α-hetero) is 1. The van der Waals surface area contributed by atoms with Crippen LogP contribution in [0.25, 0.3) is 0 Å². The summed E-state index contributed by atoms with van der Waals surface area (Å²) in [5.74, 6) is -0.0335. The topological polar surface area (TPSA) is 115 Å². The van der Waals surface area contributed by atoms with E-state index in [2.05, 4.69) is 11.1 Å². The van der Waals surface area contributed by atoms with Crippen LogP contribution in [-0.4, -0.2) is 23.3 Å². The van der Waals surface area contributed by atoms with Crippen LogP contribution in [0.1, 0.15) is 49.9 Å². The molecule has 4 rings (SSSR count). The first-order valence-corrected chi connectivity index (χ1v) is 9.28. The molecule has 2 aromatic carbocycles. The Kier molecular flexibility index (Phi) is 5.14. The third-order valence-electron chi connectivity index (χ3n) is 4.86. The molecule has 1 amide bonds. The van der Waals surface area contributed by atoms with Crippen molar-refractivity contribution in [3.05, 3.63) is 88.7 Å². The molecular weight excluding hydrogens is 382 g/mol. The Morgan fingerprint density at radius 2 is 1.80 bits per heavy atom. The molecule has 7 heteroatoms. The largest absolute Gasteiger partial charge is 0.491 e. The number of carbonyl (C=O) groups excluding carboxylic acids is 2. The third kappa shape index (κ3) is 3.59. The van der Waals surface area contributed by atoms with Gasteiger partial charge in [-0.1, -0.05) is 12.1 Å². The van der Waals surface area contributed by atoms with Crippen LogP contribution in [0.15, 0.2) is 60.9 Å². The second kappa shape index (κ2) is 8.05. The number of hydrogen-bond donors (Lipinski definition) is 1. The van der Waals surface area contributed by atoms with Gasteiger partial charge in [0.2, 0.25) is 5.91 Å². The number of nitrogens with zero attached hydrogens (tertiary/aromatic N) is 2. The molecule has 7 nitrogen and oxygen atoms in total. The van der Waals surface area contributed by atoms with E-state index in [9.17, 15) is 14.9 Å². The van der Waals surface area contributed by atoms with Gasteiger partial charge in [0.05, 0.1) is 12.2 Å². The highest BCUT2D eigenvalue weighted by molar-refractivity contribution is 6.00. The summed E-state index contributed by atoms with van der Waals surface area (Å²) in [6.07, 6.45) is 2.98. The number of carbonyl (C=O) groups is 2. The molecular formula is C23H17N3O4. The zero-order valence-corrected chi connectivity index (χ0v) is 15.9. The Hall–Kier alpha value is -4.18. The lowest BCUT2D eigenvalue weighted by molar-refractivity contribution is 0.0931. The van der Waals surface area contributed by atoms with E-state index < -0.39 is 12.0 Å². The minimum Gasteiger partial charge on any atom is -0.491 e. The number of nitriles is 1. The zero-order chi connectivity index (χ0) is 21.1. The van der Waals surface area contributed by atoms with Gasteiger partial charge >= 0.3 is 0 Å². The molecule has 0 bridgehead atoms. The highest BCUT2D eigenvalue weighted by Gasteiger charge is 2.26. The zero-order valence-electron chi connectivity index (χ0n) is 15.9. The Bertz CT molecular complexity index is 1150. The Labute approximate surface area is 172 Å². The molecule has 148 valence electrons. The number of ketones is 1. The molecule has 0 saturated carbocycles. The fraction of sp³-hybridized carbons (Fsp3) is 0.130. The van der Waals surface area contributed by atoms with Crippen molar-refractivity contribution < 1.29 is 19.1 Å². The van der Waals surface area contributed by atoms with E-state index in [1.807, 2.05) is 0 Å². The highest BCUT2D eigenvalue weighted by atomic mass is 16.5. The summed E-state index contributed by atoms with van der Waals surface area (Å²) in [6.45, 7) is 0.229. The minimum atomic E-state index is -0.584. The van der Waals surface area contributed by atoms with Gasteiger partial charge in [-0.2, -0.15) is 5.26 Å². The maximum atomic E-state index is 12.1. The quantitative estimate of drug-likeness (QED) is 0.704. The second-order valence-electron chi connectivity index (χ2n) is 6.71. The van der Waals surface area contributed by atoms with Crippen LogP contribution in [0.4, 0.5) is 0 Å². The molecule has 1 atom stereocenters. The molecule has 0 fully saturated rings. The predicted octanol–water partition coefficient (Wildman–Crippen LogP) is 3.19. The van der Waals surface area contributed by atoms with Gasteiger partial charge in [0.15, 0.2) is 11.5 Å². The van der Waals surface area contributed by atoms with Gasteiger partial charge in [0.25, 0.3) is 0 Å². The van der Waals surface area contributed by atoms with Crippen LogP contribution in [0.2, 0.25) is 0 Å². The van der Waals surface area contributed by atoms with Crippen molar-refractivity contribution in [2.45, 2.75) is 12.5 Å². The number of primary amides is 1. The molecule has 2 heterocycles. The molecule has 1 aliphatic rings. The van der Waals surface area contributed by atoms with E-state index in [0.29, 0.717) is 16.9 Å². The van der Waals surface area contributed by atoms with Crippen molar-refractivity contribution >= 4 is 11.7 Å². The van der Waals surface area contributed by atoms with Crippen molar-refractivity contribution in [1.29, 1.82) is 5.26 Å². The average Bonchev–Trinajstić information content (AvgIpc) is 2.78. The smallest absolute Gasteiger partial charge is 0.248 e. The second-order valence-corrected chi connectivity index (χ2v) is 6.71. The summed E-state index contributed by atoms with van der Waals surface area (Å²) in [4.78, 5) is 27.6. The van der Waals surface area contributed by atoms with E-state index >= 15 is 0 Å². The molecule has 3 aromatic rings. The van der Waals surface area contributed by atoms with E-state index in [0.717, 1.165) is 11.1 Å². The molecule has 0 saturated heterocycles. The maximum Gasteiger partial charge on any atom is 0.248 e. The Morgan fingerprint density at radius 1 is 1.10 bits per heavy atom. The fourth-order valence-corrected chi connectivity index (χ4v) is 3.33. The number of fused-ring (bicyclic) bond motifs is 1. The molecule has 2 N–H and O–H groups in total. The number of aromatic nitrogens is 1. The normalized spacial score (nSPS) is 13.5. The number of amides is 1. The summed E-state index contributed by atoms with van der Waals surface area (Å²) in [5.41, 5.74) is 7.83. The molecule has 0 aliphatic carbocycles. The van der Waals surface area contributed by atoms with Gasteiger partial charge < -0.3 is 15.2 Å². The first-order chi connectivity index (χ1) is 14.6. The van der Waals surface area contributed by atoms with Gasteiger partial charge in [0.1, 0.15) is 23.5 Å². The van der Waals surface area contributed by atoms with Gasteiger partial charge in [-0.15, -0.1) is 0 Å². The van der Waals surface area contributed by atoms with E-state index in [1.165, 1.54) is 0 Å². The van der Waals surface area contributed by atoms with Crippen molar-refractivity contribution in [2.75, 3.05) is 6.61 Å². The monoisotopic (exact) mass is 399 g/mol. The highest BCUT2D eigenvalue weighted by Crippen LogP contribution is 2.38. The molecule has 30 heavy (non-hydrogen) atoms. The molecule has 0 spiro atoms. The number of hydrogen-bond acceptors (Lipinski definition) is 6. The number of pyridine rings is 1. The number of ether oxygens (including phenoxy) is 2. The van der Waals surface area contributed by atoms with E-state index in [4.69, 9.17) is 15.2 Å². The SMILES string of the molecule is N#Cc1c(OC(c2ccncc2)c2ccc(C(N)=O)cc2)ccc2c1OCCC2=O. The first-order valence-electron chi connectivity index (χ1n) is 9.28. The fourth-order valence-electron chi connectivity index (χ4n) is 3.33. The predicted molar refractivity (Wildman–Crippen MR) is 107 cm³/mol. The van der Waals surface area contributed by atoms with Crippen molar-refractivity contribution in [3.63, 3.8) is 0 Å². The standard InChI is InChI=1S/C23H17N3O4/c24-13-18-20(6-5-17-19(27)9-12-29-22(17)18)30-21(15-7-10-26-11-8-15)14-1-3-16(4-2-14)23(25)28/h1-8,10-11,21H,9,12H2,(H2,25,28). The lowest BCUT2D eigenvalue weighted by atomic mass is 9.99. The number of rotatable bonds is 5. The van der Waals surface area contributed by atoms with Gasteiger partial charge in [0, 0.05) is 24.4 Å². The Balaban J connectivity index is 1.77. The number of benzene rings is 2. The third-order valence-corrected chi connectivity index (χ3v) is 4.86. The lowest BCUT2D eigenvalue weighted by Gasteiger charge is -2.23. The average molecular weight is 399 g/mol. The van der Waals surface area contributed by atoms with Crippen LogP contribution in [0, 0.1) is 11.3 Å². The van der Waals surface area contributed by atoms with E-state index in [-0.39, 0.29) is 30.1 Å². The summed E-state index contributed by atoms with van der Waals surface area (Å²) in [5, 5.41) is 9.73. The summed E-state index contributed by atoms with van der Waals surface area (Å²) < 4.78 is 11.9. The summed E-state index contributed by atoms with van der Waals surface area (Å²) >= 11 is 0. The molecule has 0 radical (unpaired) electrons. The Morgan fingerprint density at radius 3 is 2.47 bits per heavy atom. The van der Waals surface area contributed by atoms with Crippen molar-refractivity contribution in [3.8, 4) is 17.6 Å². The molecule has 1 aromatic heterocycles. The van der Waals surface area contributed by atoms with Crippen LogP contribution < -0.4 is 15.2 Å². The lowest BCUT2D eigenvalue weighted by Crippen LogP contribution is -2.17. The van der Waals surface area contributed by atoms with Crippen LogP contribution in [0.5, 0.6) is 11.5 Å². The molecule has 1 aliphatic heterocycles. The van der Waals surface area contributed by atoms with Crippen molar-refractivity contribution in [2.24, 2.45) is 5.73 Å². The number of nitrogens with two attached hydrogens (primary N) is 1. The van der Waals surface area contributed by atoms with Gasteiger partial charge in [-0.3, -0.25) is 14.6 Å². The van der Waals surface area contributed by atoms with Crippen LogP contribution in [0.3, 0.4) is 0 Å². The summed E-state index contributed by atoms with van der Waals surface area (Å²) in [6, 6.07) is 15.7. The van der Waals surface area contributed by atoms with Crippen LogP contribution >= 0.6 is 0 Å². The molecule has 1 unspecified atom stereocenters. The van der Waals surface area contributed by atoms with Gasteiger partial charge in [-0.05, 0) is 47.5 Å². The minimum absolute atomic E-state index is 0.0629. The van der Waals surface area contributed by atoms with Crippen LogP contribution in [-0.2, 0) is 0 Å². The van der Waals surface area contributed by atoms with Crippen molar-refractivity contribution in [1.82, 2.24) is 4.98 Å². The first kappa shape index (κ1) is 19.2.